The summed E-state index contributed by atoms with van der Waals surface area (Å²) >= 11 is 0. The molecule has 0 aromatic heterocycles. The molecule has 0 aliphatic carbocycles. The van der Waals surface area contributed by atoms with Gasteiger partial charge in [-0.15, -0.1) is 0 Å². The van der Waals surface area contributed by atoms with Crippen LogP contribution >= 0.6 is 0 Å². The Bertz CT molecular complexity index is 1270. The van der Waals surface area contributed by atoms with Crippen molar-refractivity contribution in [2.45, 2.75) is 24.8 Å². The maximum absolute atomic E-state index is 13.0. The molecule has 1 aliphatic heterocycles. The molecule has 1 heterocycles. The number of anilines is 2. The summed E-state index contributed by atoms with van der Waals surface area (Å²) in [5, 5.41) is 2.58. The summed E-state index contributed by atoms with van der Waals surface area (Å²) in [6, 6.07) is 10.4. The van der Waals surface area contributed by atoms with E-state index in [0.717, 1.165) is 10.6 Å². The molecule has 0 radical (unpaired) electrons. The third kappa shape index (κ3) is 6.87. The quantitative estimate of drug-likeness (QED) is 0.483. The highest BCUT2D eigenvalue weighted by atomic mass is 32.2. The van der Waals surface area contributed by atoms with Crippen molar-refractivity contribution >= 4 is 37.3 Å². The van der Waals surface area contributed by atoms with E-state index in [1.165, 1.54) is 29.6 Å². The number of sulfonamides is 2. The van der Waals surface area contributed by atoms with Gasteiger partial charge in [0.15, 0.2) is 0 Å². The van der Waals surface area contributed by atoms with Crippen molar-refractivity contribution in [3.8, 4) is 11.5 Å². The molecule has 0 saturated carbocycles. The van der Waals surface area contributed by atoms with E-state index < -0.39 is 32.5 Å². The van der Waals surface area contributed by atoms with Crippen molar-refractivity contribution in [2.75, 3.05) is 55.8 Å². The predicted molar refractivity (Wildman–Crippen MR) is 136 cm³/mol. The third-order valence-electron chi connectivity index (χ3n) is 5.24. The fraction of sp³-hybridized carbons (Fsp3) is 0.435. The second-order valence-corrected chi connectivity index (χ2v) is 12.2. The van der Waals surface area contributed by atoms with Gasteiger partial charge in [-0.1, -0.05) is 0 Å². The lowest BCUT2D eigenvalue weighted by Gasteiger charge is -2.26. The average Bonchev–Trinajstić information content (AvgIpc) is 2.82. The lowest BCUT2D eigenvalue weighted by molar-refractivity contribution is -0.114. The Labute approximate surface area is 212 Å². The number of nitrogens with zero attached hydrogens (tertiary/aromatic N) is 2. The Morgan fingerprint density at radius 3 is 2.28 bits per heavy atom. The molecule has 2 aromatic rings. The molecule has 1 fully saturated rings. The standard InChI is InChI=1S/C23H31N3O8S2/c1-17(2)34-19-7-5-18(6-8-19)26(35(4,28)29)16-23(27)24-21-15-20(9-10-22(21)32-3)36(30,31)25-11-13-33-14-12-25/h5-10,15,17H,11-14,16H2,1-4H3,(H,24,27). The predicted octanol–water partition coefficient (Wildman–Crippen LogP) is 1.91. The summed E-state index contributed by atoms with van der Waals surface area (Å²) in [5.74, 6) is 0.113. The summed E-state index contributed by atoms with van der Waals surface area (Å²) in [6.45, 7) is 4.25. The Kier molecular flexibility index (Phi) is 8.82. The maximum Gasteiger partial charge on any atom is 0.245 e. The van der Waals surface area contributed by atoms with Crippen LogP contribution in [-0.4, -0.2) is 79.4 Å². The fourth-order valence-electron chi connectivity index (χ4n) is 3.56. The third-order valence-corrected chi connectivity index (χ3v) is 8.27. The van der Waals surface area contributed by atoms with Gasteiger partial charge in [0.05, 0.1) is 49.0 Å². The maximum atomic E-state index is 13.0. The highest BCUT2D eigenvalue weighted by molar-refractivity contribution is 7.92. The van der Waals surface area contributed by atoms with Crippen LogP contribution in [0.15, 0.2) is 47.4 Å². The average molecular weight is 542 g/mol. The van der Waals surface area contributed by atoms with Gasteiger partial charge in [0.1, 0.15) is 18.0 Å². The van der Waals surface area contributed by atoms with Crippen LogP contribution in [0.2, 0.25) is 0 Å². The molecule has 1 aliphatic rings. The van der Waals surface area contributed by atoms with Crippen LogP contribution < -0.4 is 19.1 Å². The van der Waals surface area contributed by atoms with Gasteiger partial charge in [0.2, 0.25) is 26.0 Å². The van der Waals surface area contributed by atoms with Crippen LogP contribution in [0.3, 0.4) is 0 Å². The smallest absolute Gasteiger partial charge is 0.245 e. The first kappa shape index (κ1) is 27.7. The molecule has 1 saturated heterocycles. The van der Waals surface area contributed by atoms with Crippen LogP contribution in [0.25, 0.3) is 0 Å². The number of carbonyl (C=O) groups is 1. The molecule has 1 amide bonds. The van der Waals surface area contributed by atoms with Crippen molar-refractivity contribution in [3.63, 3.8) is 0 Å². The van der Waals surface area contributed by atoms with E-state index in [9.17, 15) is 21.6 Å². The Morgan fingerprint density at radius 1 is 1.08 bits per heavy atom. The summed E-state index contributed by atoms with van der Waals surface area (Å²) < 4.78 is 69.3. The Morgan fingerprint density at radius 2 is 1.72 bits per heavy atom. The molecule has 198 valence electrons. The van der Waals surface area contributed by atoms with Gasteiger partial charge in [-0.3, -0.25) is 9.10 Å². The topological polar surface area (TPSA) is 132 Å². The largest absolute Gasteiger partial charge is 0.495 e. The van der Waals surface area contributed by atoms with Gasteiger partial charge in [0, 0.05) is 13.1 Å². The molecule has 0 unspecified atom stereocenters. The molecule has 3 rings (SSSR count). The van der Waals surface area contributed by atoms with Gasteiger partial charge >= 0.3 is 0 Å². The molecule has 2 aromatic carbocycles. The number of carbonyl (C=O) groups excluding carboxylic acids is 1. The van der Waals surface area contributed by atoms with Crippen LogP contribution in [0.5, 0.6) is 11.5 Å². The van der Waals surface area contributed by atoms with Crippen LogP contribution in [0.4, 0.5) is 11.4 Å². The molecule has 0 bridgehead atoms. The van der Waals surface area contributed by atoms with Crippen molar-refractivity contribution in [2.24, 2.45) is 0 Å². The lowest BCUT2D eigenvalue weighted by Crippen LogP contribution is -2.40. The van der Waals surface area contributed by atoms with E-state index in [-0.39, 0.29) is 41.2 Å². The number of ether oxygens (including phenoxy) is 3. The minimum Gasteiger partial charge on any atom is -0.495 e. The van der Waals surface area contributed by atoms with Gasteiger partial charge in [-0.25, -0.2) is 16.8 Å². The van der Waals surface area contributed by atoms with E-state index in [0.29, 0.717) is 19.0 Å². The fourth-order valence-corrected chi connectivity index (χ4v) is 5.86. The van der Waals surface area contributed by atoms with Gasteiger partial charge in [-0.05, 0) is 56.3 Å². The van der Waals surface area contributed by atoms with Crippen molar-refractivity contribution < 1.29 is 35.8 Å². The van der Waals surface area contributed by atoms with Crippen molar-refractivity contribution in [3.05, 3.63) is 42.5 Å². The van der Waals surface area contributed by atoms with Crippen molar-refractivity contribution in [1.82, 2.24) is 4.31 Å². The van der Waals surface area contributed by atoms with E-state index >= 15 is 0 Å². The van der Waals surface area contributed by atoms with E-state index in [4.69, 9.17) is 14.2 Å². The summed E-state index contributed by atoms with van der Waals surface area (Å²) in [6.07, 6.45) is 0.944. The zero-order valence-corrected chi connectivity index (χ0v) is 22.3. The number of nitrogens with one attached hydrogen (secondary N) is 1. The number of rotatable bonds is 10. The minimum absolute atomic E-state index is 0.0267. The number of hydrogen-bond donors (Lipinski definition) is 1. The SMILES string of the molecule is COc1ccc(S(=O)(=O)N2CCOCC2)cc1NC(=O)CN(c1ccc(OC(C)C)cc1)S(C)(=O)=O. The molecular weight excluding hydrogens is 510 g/mol. The van der Waals surface area contributed by atoms with Gasteiger partial charge in [0.25, 0.3) is 0 Å². The second kappa shape index (κ2) is 11.5. The summed E-state index contributed by atoms with van der Waals surface area (Å²) in [5.41, 5.74) is 0.380. The zero-order chi connectivity index (χ0) is 26.5. The molecule has 0 spiro atoms. The molecule has 13 heteroatoms. The lowest BCUT2D eigenvalue weighted by atomic mass is 10.2. The van der Waals surface area contributed by atoms with Gasteiger partial charge < -0.3 is 19.5 Å². The normalized spacial score (nSPS) is 14.9. The molecular formula is C23H31N3O8S2. The first-order valence-corrected chi connectivity index (χ1v) is 14.5. The number of morpholine rings is 1. The highest BCUT2D eigenvalue weighted by Gasteiger charge is 2.28. The first-order valence-electron chi connectivity index (χ1n) is 11.2. The van der Waals surface area contributed by atoms with Crippen LogP contribution in [0.1, 0.15) is 13.8 Å². The number of methoxy groups -OCH3 is 1. The second-order valence-electron chi connectivity index (χ2n) is 8.36. The zero-order valence-electron chi connectivity index (χ0n) is 20.6. The molecule has 36 heavy (non-hydrogen) atoms. The highest BCUT2D eigenvalue weighted by Crippen LogP contribution is 2.30. The van der Waals surface area contributed by atoms with E-state index in [1.807, 2.05) is 13.8 Å². The summed E-state index contributed by atoms with van der Waals surface area (Å²) in [4.78, 5) is 12.9. The number of amides is 1. The molecule has 1 N–H and O–H groups in total. The van der Waals surface area contributed by atoms with Crippen LogP contribution in [0, 0.1) is 0 Å². The Balaban J connectivity index is 1.83. The molecule has 0 atom stereocenters. The first-order chi connectivity index (χ1) is 16.9. The minimum atomic E-state index is -3.82. The van der Waals surface area contributed by atoms with E-state index in [1.54, 1.807) is 24.3 Å². The van der Waals surface area contributed by atoms with E-state index in [2.05, 4.69) is 5.32 Å². The Hall–Kier alpha value is -2.87. The monoisotopic (exact) mass is 541 g/mol. The van der Waals surface area contributed by atoms with Crippen LogP contribution in [-0.2, 0) is 29.6 Å². The van der Waals surface area contributed by atoms with Crippen molar-refractivity contribution in [1.29, 1.82) is 0 Å². The summed E-state index contributed by atoms with van der Waals surface area (Å²) in [7, 11) is -6.26. The number of hydrogen-bond acceptors (Lipinski definition) is 8. The number of benzene rings is 2. The van der Waals surface area contributed by atoms with Gasteiger partial charge in [-0.2, -0.15) is 4.31 Å². The molecule has 11 nitrogen and oxygen atoms in total.